The number of hydrogen-bond donors (Lipinski definition) is 0. The Morgan fingerprint density at radius 2 is 2.14 bits per heavy atom. The molecule has 0 saturated heterocycles. The number of carbonyl (C=O) groups excluding carboxylic acids is 1. The fourth-order valence-electron chi connectivity index (χ4n) is 2.07. The largest absolute Gasteiger partial charge is 0.480 e. The first-order valence-electron chi connectivity index (χ1n) is 6.97. The number of amides is 1. The van der Waals surface area contributed by atoms with Gasteiger partial charge >= 0.3 is 0 Å². The Morgan fingerprint density at radius 1 is 1.41 bits per heavy atom. The molecule has 0 radical (unpaired) electrons. The molecule has 0 N–H and O–H groups in total. The average Bonchev–Trinajstić information content (AvgIpc) is 2.86. The number of likely N-dealkylation sites (N-methyl/N-ethyl adjacent to an activating group) is 1. The molecule has 1 aromatic heterocycles. The number of aryl methyl sites for hydroxylation is 2. The zero-order chi connectivity index (χ0) is 16.3. The fourth-order valence-corrected chi connectivity index (χ4v) is 2.65. The van der Waals surface area contributed by atoms with Gasteiger partial charge in [-0.15, -0.1) is 0 Å². The molecule has 1 atom stereocenters. The lowest BCUT2D eigenvalue weighted by atomic mass is 10.2. The van der Waals surface area contributed by atoms with Gasteiger partial charge in [0, 0.05) is 13.1 Å². The Bertz CT molecular complexity index is 669. The van der Waals surface area contributed by atoms with Gasteiger partial charge < -0.3 is 14.2 Å². The molecule has 2 aromatic rings. The van der Waals surface area contributed by atoms with Crippen LogP contribution in [0.3, 0.4) is 0 Å². The van der Waals surface area contributed by atoms with E-state index in [0.29, 0.717) is 12.3 Å². The van der Waals surface area contributed by atoms with Crippen LogP contribution < -0.4 is 4.74 Å². The monoisotopic (exact) mass is 366 g/mol. The molecule has 0 fully saturated rings. The summed E-state index contributed by atoms with van der Waals surface area (Å²) in [6.07, 6.45) is -0.586. The number of carbonyl (C=O) groups is 1. The smallest absolute Gasteiger partial charge is 0.263 e. The molecule has 0 unspecified atom stereocenters. The molecule has 6 heteroatoms. The van der Waals surface area contributed by atoms with Crippen molar-refractivity contribution in [1.82, 2.24) is 10.1 Å². The minimum atomic E-state index is -0.586. The van der Waals surface area contributed by atoms with Crippen LogP contribution in [0, 0.1) is 13.8 Å². The van der Waals surface area contributed by atoms with E-state index < -0.39 is 6.10 Å². The van der Waals surface area contributed by atoms with Crippen LogP contribution in [0.25, 0.3) is 0 Å². The second-order valence-corrected chi connectivity index (χ2v) is 6.17. The van der Waals surface area contributed by atoms with Crippen molar-refractivity contribution in [3.8, 4) is 5.75 Å². The van der Waals surface area contributed by atoms with Gasteiger partial charge in [-0.2, -0.15) is 0 Å². The Balaban J connectivity index is 1.98. The van der Waals surface area contributed by atoms with Gasteiger partial charge in [0.25, 0.3) is 5.91 Å². The van der Waals surface area contributed by atoms with Crippen LogP contribution in [0.5, 0.6) is 5.75 Å². The second-order valence-electron chi connectivity index (χ2n) is 5.32. The highest BCUT2D eigenvalue weighted by Crippen LogP contribution is 2.26. The summed E-state index contributed by atoms with van der Waals surface area (Å²) < 4.78 is 11.6. The van der Waals surface area contributed by atoms with E-state index in [1.165, 1.54) is 0 Å². The van der Waals surface area contributed by atoms with Crippen LogP contribution in [0.1, 0.15) is 23.9 Å². The number of benzene rings is 1. The van der Waals surface area contributed by atoms with Crippen molar-refractivity contribution >= 4 is 21.8 Å². The molecular weight excluding hydrogens is 348 g/mol. The number of aromatic nitrogens is 1. The second kappa shape index (κ2) is 6.96. The summed E-state index contributed by atoms with van der Waals surface area (Å²) >= 11 is 3.45. The van der Waals surface area contributed by atoms with E-state index in [-0.39, 0.29) is 5.91 Å². The maximum atomic E-state index is 12.4. The first kappa shape index (κ1) is 16.5. The van der Waals surface area contributed by atoms with Crippen molar-refractivity contribution in [3.05, 3.63) is 45.8 Å². The van der Waals surface area contributed by atoms with Gasteiger partial charge in [0.15, 0.2) is 6.10 Å². The van der Waals surface area contributed by atoms with Crippen molar-refractivity contribution < 1.29 is 14.1 Å². The highest BCUT2D eigenvalue weighted by atomic mass is 79.9. The van der Waals surface area contributed by atoms with Gasteiger partial charge in [-0.25, -0.2) is 0 Å². The molecule has 118 valence electrons. The zero-order valence-corrected chi connectivity index (χ0v) is 14.7. The number of rotatable bonds is 5. The lowest BCUT2D eigenvalue weighted by molar-refractivity contribution is -0.137. The molecule has 1 heterocycles. The molecule has 5 nitrogen and oxygen atoms in total. The molecule has 1 amide bonds. The van der Waals surface area contributed by atoms with E-state index in [2.05, 4.69) is 21.1 Å². The van der Waals surface area contributed by atoms with E-state index >= 15 is 0 Å². The first-order chi connectivity index (χ1) is 10.4. The van der Waals surface area contributed by atoms with Crippen LogP contribution in [0.15, 0.2) is 33.3 Å². The van der Waals surface area contributed by atoms with E-state index in [0.717, 1.165) is 21.5 Å². The summed E-state index contributed by atoms with van der Waals surface area (Å²) in [4.78, 5) is 13.9. The third-order valence-electron chi connectivity index (χ3n) is 3.19. The predicted octanol–water partition coefficient (Wildman–Crippen LogP) is 3.48. The topological polar surface area (TPSA) is 55.6 Å². The van der Waals surface area contributed by atoms with Crippen molar-refractivity contribution in [2.75, 3.05) is 7.05 Å². The molecular formula is C16H19BrN2O3. The lowest BCUT2D eigenvalue weighted by Gasteiger charge is -2.21. The zero-order valence-electron chi connectivity index (χ0n) is 13.1. The summed E-state index contributed by atoms with van der Waals surface area (Å²) in [6.45, 7) is 5.94. The summed E-state index contributed by atoms with van der Waals surface area (Å²) in [5.74, 6) is 1.26. The summed E-state index contributed by atoms with van der Waals surface area (Å²) in [5.41, 5.74) is 1.84. The lowest BCUT2D eigenvalue weighted by Crippen LogP contribution is -2.37. The number of halogens is 1. The molecule has 1 aromatic carbocycles. The van der Waals surface area contributed by atoms with Crippen molar-refractivity contribution in [3.63, 3.8) is 0 Å². The van der Waals surface area contributed by atoms with Crippen LogP contribution in [0.4, 0.5) is 0 Å². The van der Waals surface area contributed by atoms with Gasteiger partial charge in [-0.1, -0.05) is 11.2 Å². The third kappa shape index (κ3) is 4.10. The number of nitrogens with zero attached hydrogens (tertiary/aromatic N) is 2. The first-order valence-corrected chi connectivity index (χ1v) is 7.76. The quantitative estimate of drug-likeness (QED) is 0.812. The highest BCUT2D eigenvalue weighted by Gasteiger charge is 2.21. The standard InChI is InChI=1S/C16H19BrN2O3/c1-10-5-6-15(14(17)7-10)21-12(3)16(20)19(4)9-13-8-11(2)22-18-13/h5-8,12H,9H2,1-4H3/t12-/m0/s1. The SMILES string of the molecule is Cc1ccc(O[C@@H](C)C(=O)N(C)Cc2cc(C)on2)c(Br)c1. The maximum absolute atomic E-state index is 12.4. The van der Waals surface area contributed by atoms with E-state index in [1.54, 1.807) is 18.9 Å². The third-order valence-corrected chi connectivity index (χ3v) is 3.81. The molecule has 2 rings (SSSR count). The highest BCUT2D eigenvalue weighted by molar-refractivity contribution is 9.10. The number of hydrogen-bond acceptors (Lipinski definition) is 4. The van der Waals surface area contributed by atoms with Crippen molar-refractivity contribution in [2.24, 2.45) is 0 Å². The van der Waals surface area contributed by atoms with Gasteiger partial charge in [0.1, 0.15) is 17.2 Å². The summed E-state index contributed by atoms with van der Waals surface area (Å²) in [5, 5.41) is 3.89. The number of ether oxygens (including phenoxy) is 1. The van der Waals surface area contributed by atoms with Crippen LogP contribution >= 0.6 is 15.9 Å². The minimum absolute atomic E-state index is 0.117. The van der Waals surface area contributed by atoms with E-state index in [1.807, 2.05) is 38.1 Å². The normalized spacial score (nSPS) is 12.0. The van der Waals surface area contributed by atoms with Crippen LogP contribution in [0.2, 0.25) is 0 Å². The Hall–Kier alpha value is -1.82. The molecule has 0 aliphatic rings. The molecule has 0 aliphatic heterocycles. The van der Waals surface area contributed by atoms with Crippen LogP contribution in [-0.2, 0) is 11.3 Å². The van der Waals surface area contributed by atoms with Crippen LogP contribution in [-0.4, -0.2) is 29.1 Å². The fraction of sp³-hybridized carbons (Fsp3) is 0.375. The minimum Gasteiger partial charge on any atom is -0.480 e. The Kier molecular flexibility index (Phi) is 5.24. The van der Waals surface area contributed by atoms with Crippen molar-refractivity contribution in [1.29, 1.82) is 0 Å². The van der Waals surface area contributed by atoms with E-state index in [9.17, 15) is 4.79 Å². The van der Waals surface area contributed by atoms with Gasteiger partial charge in [0.2, 0.25) is 0 Å². The van der Waals surface area contributed by atoms with Gasteiger partial charge in [0.05, 0.1) is 11.0 Å². The summed E-state index contributed by atoms with van der Waals surface area (Å²) in [6, 6.07) is 7.56. The molecule has 22 heavy (non-hydrogen) atoms. The Morgan fingerprint density at radius 3 is 2.73 bits per heavy atom. The van der Waals surface area contributed by atoms with Crippen molar-refractivity contribution in [2.45, 2.75) is 33.4 Å². The maximum Gasteiger partial charge on any atom is 0.263 e. The molecule has 0 aliphatic carbocycles. The summed E-state index contributed by atoms with van der Waals surface area (Å²) in [7, 11) is 1.72. The predicted molar refractivity (Wildman–Crippen MR) is 86.7 cm³/mol. The van der Waals surface area contributed by atoms with Gasteiger partial charge in [-0.05, 0) is 54.4 Å². The molecule has 0 saturated carbocycles. The van der Waals surface area contributed by atoms with Gasteiger partial charge in [-0.3, -0.25) is 4.79 Å². The Labute approximate surface area is 138 Å². The molecule has 0 bridgehead atoms. The molecule has 0 spiro atoms. The van der Waals surface area contributed by atoms with E-state index in [4.69, 9.17) is 9.26 Å². The average molecular weight is 367 g/mol.